The molecule has 1 heterocycles. The number of fused-ring (bicyclic) bond motifs is 1. The summed E-state index contributed by atoms with van der Waals surface area (Å²) in [6.45, 7) is 3.42. The summed E-state index contributed by atoms with van der Waals surface area (Å²) in [5, 5.41) is 0.830. The first-order chi connectivity index (χ1) is 13.0. The molecule has 0 saturated heterocycles. The second-order valence-electron chi connectivity index (χ2n) is 6.22. The summed E-state index contributed by atoms with van der Waals surface area (Å²) in [5.74, 6) is -0.0524. The molecule has 0 bridgehead atoms. The van der Waals surface area contributed by atoms with Crippen molar-refractivity contribution in [3.8, 4) is 5.75 Å². The molecule has 0 aliphatic carbocycles. The Morgan fingerprint density at radius 1 is 1.07 bits per heavy atom. The van der Waals surface area contributed by atoms with Gasteiger partial charge in [0.2, 0.25) is 5.78 Å². The normalized spacial score (nSPS) is 12.3. The maximum absolute atomic E-state index is 12.8. The lowest BCUT2D eigenvalue weighted by Gasteiger charge is -2.11. The first kappa shape index (κ1) is 18.5. The highest BCUT2D eigenvalue weighted by Gasteiger charge is 2.23. The van der Waals surface area contributed by atoms with Crippen molar-refractivity contribution >= 4 is 28.7 Å². The number of rotatable bonds is 6. The van der Waals surface area contributed by atoms with Gasteiger partial charge in [0.1, 0.15) is 5.75 Å². The number of benzene rings is 2. The van der Waals surface area contributed by atoms with Crippen LogP contribution in [0.15, 0.2) is 54.6 Å². The van der Waals surface area contributed by atoms with Crippen LogP contribution in [0.4, 0.5) is 0 Å². The second kappa shape index (κ2) is 7.91. The largest absolute Gasteiger partial charge is 0.497 e. The summed E-state index contributed by atoms with van der Waals surface area (Å²) < 4.78 is 10.4. The number of aromatic nitrogens is 1. The zero-order chi connectivity index (χ0) is 19.4. The average Bonchev–Trinajstić information content (AvgIpc) is 3.01. The van der Waals surface area contributed by atoms with Crippen molar-refractivity contribution in [2.45, 2.75) is 20.0 Å². The number of carbonyl (C=O) groups is 2. The van der Waals surface area contributed by atoms with Crippen LogP contribution in [-0.4, -0.2) is 30.0 Å². The minimum absolute atomic E-state index is 0.226. The number of ether oxygens (including phenoxy) is 2. The number of esters is 1. The van der Waals surface area contributed by atoms with Gasteiger partial charge in [-0.3, -0.25) is 4.79 Å². The number of para-hydroxylation sites is 1. The lowest BCUT2D eigenvalue weighted by molar-refractivity contribution is -0.140. The van der Waals surface area contributed by atoms with Crippen molar-refractivity contribution in [3.63, 3.8) is 0 Å². The standard InChI is InChI=1S/C22H21NO4/c1-14-21(18-6-4-5-7-19(18)23-14)22(25)15(2)27-20(24)13-10-16-8-11-17(26-3)12-9-16/h4-13,15,23H,1-3H3/b13-10+/t15-/m1/s1. The van der Waals surface area contributed by atoms with Crippen molar-refractivity contribution in [2.75, 3.05) is 7.11 Å². The van der Waals surface area contributed by atoms with Crippen LogP contribution in [0.1, 0.15) is 28.5 Å². The molecule has 0 unspecified atom stereocenters. The van der Waals surface area contributed by atoms with Crippen LogP contribution in [0.2, 0.25) is 0 Å². The summed E-state index contributed by atoms with van der Waals surface area (Å²) in [5.41, 5.74) is 3.04. The van der Waals surface area contributed by atoms with Crippen LogP contribution in [0.25, 0.3) is 17.0 Å². The molecule has 0 radical (unpaired) electrons. The first-order valence-corrected chi connectivity index (χ1v) is 8.64. The number of methoxy groups -OCH3 is 1. The van der Waals surface area contributed by atoms with Crippen LogP contribution in [0.5, 0.6) is 5.75 Å². The number of Topliss-reactive ketones (excluding diaryl/α,β-unsaturated/α-hetero) is 1. The predicted molar refractivity (Wildman–Crippen MR) is 105 cm³/mol. The van der Waals surface area contributed by atoms with Crippen molar-refractivity contribution in [3.05, 3.63) is 71.4 Å². The fourth-order valence-electron chi connectivity index (χ4n) is 2.94. The molecule has 0 aliphatic heterocycles. The molecule has 0 amide bonds. The minimum atomic E-state index is -0.879. The van der Waals surface area contributed by atoms with Crippen molar-refractivity contribution in [1.82, 2.24) is 4.98 Å². The number of H-pyrrole nitrogens is 1. The maximum atomic E-state index is 12.8. The molecule has 1 atom stereocenters. The molecule has 1 N–H and O–H groups in total. The van der Waals surface area contributed by atoms with Crippen molar-refractivity contribution < 1.29 is 19.1 Å². The van der Waals surface area contributed by atoms with E-state index < -0.39 is 12.1 Å². The molecule has 138 valence electrons. The minimum Gasteiger partial charge on any atom is -0.497 e. The highest BCUT2D eigenvalue weighted by atomic mass is 16.5. The van der Waals surface area contributed by atoms with Gasteiger partial charge in [0, 0.05) is 28.2 Å². The number of hydrogen-bond acceptors (Lipinski definition) is 4. The maximum Gasteiger partial charge on any atom is 0.331 e. The van der Waals surface area contributed by atoms with E-state index in [2.05, 4.69) is 4.98 Å². The van der Waals surface area contributed by atoms with Crippen molar-refractivity contribution in [1.29, 1.82) is 0 Å². The summed E-state index contributed by atoms with van der Waals surface area (Å²) in [4.78, 5) is 28.1. The molecular formula is C22H21NO4. The zero-order valence-corrected chi connectivity index (χ0v) is 15.5. The fraction of sp³-hybridized carbons (Fsp3) is 0.182. The highest BCUT2D eigenvalue weighted by Crippen LogP contribution is 2.24. The van der Waals surface area contributed by atoms with Gasteiger partial charge in [0.25, 0.3) is 0 Å². The molecule has 0 saturated carbocycles. The molecule has 0 fully saturated rings. The predicted octanol–water partition coefficient (Wildman–Crippen LogP) is 4.31. The molecule has 0 aliphatic rings. The first-order valence-electron chi connectivity index (χ1n) is 8.64. The van der Waals surface area contributed by atoms with Gasteiger partial charge >= 0.3 is 5.97 Å². The van der Waals surface area contributed by atoms with E-state index in [1.807, 2.05) is 43.3 Å². The molecular weight excluding hydrogens is 342 g/mol. The Morgan fingerprint density at radius 2 is 1.78 bits per heavy atom. The number of nitrogens with one attached hydrogen (secondary N) is 1. The average molecular weight is 363 g/mol. The van der Waals surface area contributed by atoms with Gasteiger partial charge in [0.05, 0.1) is 7.11 Å². The van der Waals surface area contributed by atoms with Crippen LogP contribution < -0.4 is 4.74 Å². The molecule has 5 heteroatoms. The van der Waals surface area contributed by atoms with Crippen LogP contribution in [0.3, 0.4) is 0 Å². The quantitative estimate of drug-likeness (QED) is 0.402. The van der Waals surface area contributed by atoms with E-state index in [4.69, 9.17) is 9.47 Å². The molecule has 2 aromatic carbocycles. The Labute approximate surface area is 157 Å². The monoisotopic (exact) mass is 363 g/mol. The topological polar surface area (TPSA) is 68.4 Å². The van der Waals surface area contributed by atoms with Gasteiger partial charge in [-0.05, 0) is 43.7 Å². The summed E-state index contributed by atoms with van der Waals surface area (Å²) in [6, 6.07) is 14.8. The van der Waals surface area contributed by atoms with E-state index in [-0.39, 0.29) is 5.78 Å². The fourth-order valence-corrected chi connectivity index (χ4v) is 2.94. The van der Waals surface area contributed by atoms with Crippen molar-refractivity contribution in [2.24, 2.45) is 0 Å². The number of aryl methyl sites for hydroxylation is 1. The Hall–Kier alpha value is -3.34. The third-order valence-corrected chi connectivity index (χ3v) is 4.33. The van der Waals surface area contributed by atoms with E-state index >= 15 is 0 Å². The Balaban J connectivity index is 1.69. The number of carbonyl (C=O) groups excluding carboxylic acids is 2. The van der Waals surface area contributed by atoms with Gasteiger partial charge in [-0.25, -0.2) is 4.79 Å². The van der Waals surface area contributed by atoms with Gasteiger partial charge in [-0.1, -0.05) is 30.3 Å². The molecule has 1 aromatic heterocycles. The summed E-state index contributed by atoms with van der Waals surface area (Å²) >= 11 is 0. The van der Waals surface area contributed by atoms with Gasteiger partial charge in [-0.2, -0.15) is 0 Å². The zero-order valence-electron chi connectivity index (χ0n) is 15.5. The highest BCUT2D eigenvalue weighted by molar-refractivity contribution is 6.11. The third-order valence-electron chi connectivity index (χ3n) is 4.33. The lowest BCUT2D eigenvalue weighted by Crippen LogP contribution is -2.24. The van der Waals surface area contributed by atoms with Crippen LogP contribution in [-0.2, 0) is 9.53 Å². The van der Waals surface area contributed by atoms with E-state index in [1.54, 1.807) is 32.2 Å². The summed E-state index contributed by atoms with van der Waals surface area (Å²) in [6.07, 6.45) is 2.07. The van der Waals surface area contributed by atoms with E-state index in [9.17, 15) is 9.59 Å². The SMILES string of the molecule is COc1ccc(/C=C/C(=O)O[C@H](C)C(=O)c2c(C)[nH]c3ccccc23)cc1. The van der Waals surface area contributed by atoms with Crippen LogP contribution >= 0.6 is 0 Å². The Morgan fingerprint density at radius 3 is 2.48 bits per heavy atom. The molecule has 3 aromatic rings. The molecule has 0 spiro atoms. The van der Waals surface area contributed by atoms with Gasteiger partial charge < -0.3 is 14.5 Å². The number of aromatic amines is 1. The van der Waals surface area contributed by atoms with E-state index in [0.29, 0.717) is 5.56 Å². The summed E-state index contributed by atoms with van der Waals surface area (Å²) in [7, 11) is 1.59. The van der Waals surface area contributed by atoms with E-state index in [0.717, 1.165) is 27.9 Å². The number of ketones is 1. The van der Waals surface area contributed by atoms with Gasteiger partial charge in [-0.15, -0.1) is 0 Å². The van der Waals surface area contributed by atoms with E-state index in [1.165, 1.54) is 6.08 Å². The number of hydrogen-bond donors (Lipinski definition) is 1. The molecule has 5 nitrogen and oxygen atoms in total. The second-order valence-corrected chi connectivity index (χ2v) is 6.22. The molecule has 27 heavy (non-hydrogen) atoms. The Kier molecular flexibility index (Phi) is 5.41. The third kappa shape index (κ3) is 4.08. The smallest absolute Gasteiger partial charge is 0.331 e. The van der Waals surface area contributed by atoms with Crippen LogP contribution in [0, 0.1) is 6.92 Å². The lowest BCUT2D eigenvalue weighted by atomic mass is 10.0. The molecule has 3 rings (SSSR count). The Bertz CT molecular complexity index is 999. The van der Waals surface area contributed by atoms with Gasteiger partial charge in [0.15, 0.2) is 6.10 Å².